The highest BCUT2D eigenvalue weighted by Crippen LogP contribution is 2.31. The van der Waals surface area contributed by atoms with E-state index in [9.17, 15) is 22.8 Å². The standard InChI is InChI=1S/C17H14F3N3O2/c1-9-6-11(7-14-15(24)22-16(25)21-14)10(2)23(9)13-5-3-4-12(8-13)17(18,19)20/h3-8H,1-2H3,(H2,21,22,24,25)/b14-7+. The maximum Gasteiger partial charge on any atom is 0.416 e. The number of halogens is 3. The molecule has 1 aliphatic heterocycles. The van der Waals surface area contributed by atoms with E-state index in [2.05, 4.69) is 10.6 Å². The Morgan fingerprint density at radius 2 is 1.80 bits per heavy atom. The zero-order valence-corrected chi connectivity index (χ0v) is 13.4. The first kappa shape index (κ1) is 16.8. The molecule has 3 rings (SSSR count). The molecule has 130 valence electrons. The maximum absolute atomic E-state index is 12.9. The summed E-state index contributed by atoms with van der Waals surface area (Å²) in [5.41, 5.74) is 1.71. The van der Waals surface area contributed by atoms with Gasteiger partial charge >= 0.3 is 12.2 Å². The number of nitrogens with one attached hydrogen (secondary N) is 2. The molecular formula is C17H14F3N3O2. The summed E-state index contributed by atoms with van der Waals surface area (Å²) in [7, 11) is 0. The van der Waals surface area contributed by atoms with E-state index >= 15 is 0 Å². The Kier molecular flexibility index (Phi) is 3.90. The predicted molar refractivity (Wildman–Crippen MR) is 84.9 cm³/mol. The number of imide groups is 1. The van der Waals surface area contributed by atoms with Gasteiger partial charge in [-0.3, -0.25) is 10.1 Å². The second-order valence-corrected chi connectivity index (χ2v) is 5.68. The average Bonchev–Trinajstić information content (AvgIpc) is 2.97. The van der Waals surface area contributed by atoms with E-state index in [1.165, 1.54) is 12.1 Å². The molecule has 1 aromatic heterocycles. The first-order chi connectivity index (χ1) is 11.7. The van der Waals surface area contributed by atoms with Gasteiger partial charge in [-0.05, 0) is 49.8 Å². The van der Waals surface area contributed by atoms with E-state index in [1.807, 2.05) is 0 Å². The van der Waals surface area contributed by atoms with E-state index in [4.69, 9.17) is 0 Å². The number of amides is 3. The predicted octanol–water partition coefficient (Wildman–Crippen LogP) is 3.29. The van der Waals surface area contributed by atoms with Crippen LogP contribution in [0.4, 0.5) is 18.0 Å². The summed E-state index contributed by atoms with van der Waals surface area (Å²) in [6.07, 6.45) is -2.94. The smallest absolute Gasteiger partial charge is 0.318 e. The van der Waals surface area contributed by atoms with Crippen molar-refractivity contribution in [3.63, 3.8) is 0 Å². The number of aryl methyl sites for hydroxylation is 1. The molecule has 0 bridgehead atoms. The Bertz CT molecular complexity index is 910. The fraction of sp³-hybridized carbons (Fsp3) is 0.176. The van der Waals surface area contributed by atoms with Gasteiger partial charge in [-0.15, -0.1) is 0 Å². The van der Waals surface area contributed by atoms with Gasteiger partial charge in [0.25, 0.3) is 5.91 Å². The van der Waals surface area contributed by atoms with Crippen LogP contribution in [0.5, 0.6) is 0 Å². The number of carbonyl (C=O) groups is 2. The van der Waals surface area contributed by atoms with E-state index < -0.39 is 23.7 Å². The first-order valence-electron chi connectivity index (χ1n) is 7.37. The summed E-state index contributed by atoms with van der Waals surface area (Å²) in [4.78, 5) is 22.8. The highest BCUT2D eigenvalue weighted by molar-refractivity contribution is 6.14. The van der Waals surface area contributed by atoms with E-state index in [0.717, 1.165) is 12.1 Å². The molecule has 2 aromatic rings. The van der Waals surface area contributed by atoms with Gasteiger partial charge in [0, 0.05) is 17.1 Å². The van der Waals surface area contributed by atoms with Gasteiger partial charge in [0.2, 0.25) is 0 Å². The third-order valence-electron chi connectivity index (χ3n) is 3.92. The molecule has 0 aliphatic carbocycles. The van der Waals surface area contributed by atoms with Crippen LogP contribution in [-0.2, 0) is 11.0 Å². The van der Waals surface area contributed by atoms with Crippen LogP contribution >= 0.6 is 0 Å². The Labute approximate surface area is 141 Å². The first-order valence-corrected chi connectivity index (χ1v) is 7.37. The lowest BCUT2D eigenvalue weighted by atomic mass is 10.2. The third kappa shape index (κ3) is 3.15. The van der Waals surface area contributed by atoms with Crippen LogP contribution < -0.4 is 10.6 Å². The number of benzene rings is 1. The summed E-state index contributed by atoms with van der Waals surface area (Å²) in [5.74, 6) is -0.547. The van der Waals surface area contributed by atoms with Crippen LogP contribution in [0.3, 0.4) is 0 Å². The van der Waals surface area contributed by atoms with Gasteiger partial charge in [0.15, 0.2) is 0 Å². The van der Waals surface area contributed by atoms with E-state index in [1.54, 1.807) is 30.5 Å². The van der Waals surface area contributed by atoms with Crippen LogP contribution in [0.15, 0.2) is 36.0 Å². The van der Waals surface area contributed by atoms with Crippen molar-refractivity contribution in [3.8, 4) is 5.69 Å². The molecule has 8 heteroatoms. The van der Waals surface area contributed by atoms with Crippen LogP contribution in [0.1, 0.15) is 22.5 Å². The Hall–Kier alpha value is -3.03. The van der Waals surface area contributed by atoms with E-state index in [-0.39, 0.29) is 5.70 Å². The van der Waals surface area contributed by atoms with Crippen molar-refractivity contribution in [1.82, 2.24) is 15.2 Å². The minimum atomic E-state index is -4.43. The van der Waals surface area contributed by atoms with Crippen molar-refractivity contribution in [3.05, 3.63) is 58.5 Å². The van der Waals surface area contributed by atoms with Crippen molar-refractivity contribution < 1.29 is 22.8 Å². The van der Waals surface area contributed by atoms with E-state index in [0.29, 0.717) is 22.6 Å². The maximum atomic E-state index is 12.9. The highest BCUT2D eigenvalue weighted by Gasteiger charge is 2.30. The number of alkyl halides is 3. The number of urea groups is 1. The zero-order valence-electron chi connectivity index (χ0n) is 13.4. The largest absolute Gasteiger partial charge is 0.416 e. The SMILES string of the molecule is Cc1cc(/C=C2/NC(=O)NC2=O)c(C)n1-c1cccc(C(F)(F)F)c1. The second-order valence-electron chi connectivity index (χ2n) is 5.68. The van der Waals surface area contributed by atoms with Gasteiger partial charge in [-0.25, -0.2) is 4.79 Å². The third-order valence-corrected chi connectivity index (χ3v) is 3.92. The number of aromatic nitrogens is 1. The topological polar surface area (TPSA) is 63.1 Å². The Balaban J connectivity index is 2.06. The molecule has 1 aromatic carbocycles. The molecule has 1 fully saturated rings. The molecule has 0 spiro atoms. The van der Waals surface area contributed by atoms with Crippen molar-refractivity contribution >= 4 is 18.0 Å². The second kappa shape index (κ2) is 5.80. The molecule has 25 heavy (non-hydrogen) atoms. The number of rotatable bonds is 2. The quantitative estimate of drug-likeness (QED) is 0.646. The number of nitrogens with zero attached hydrogens (tertiary/aromatic N) is 1. The van der Waals surface area contributed by atoms with Crippen LogP contribution in [-0.4, -0.2) is 16.5 Å². The highest BCUT2D eigenvalue weighted by atomic mass is 19.4. The van der Waals surface area contributed by atoms with Crippen LogP contribution in [0, 0.1) is 13.8 Å². The van der Waals surface area contributed by atoms with Crippen LogP contribution in [0.25, 0.3) is 11.8 Å². The lowest BCUT2D eigenvalue weighted by Crippen LogP contribution is -2.22. The number of hydrogen-bond donors (Lipinski definition) is 2. The lowest BCUT2D eigenvalue weighted by molar-refractivity contribution is -0.137. The number of hydrogen-bond acceptors (Lipinski definition) is 2. The molecule has 5 nitrogen and oxygen atoms in total. The Morgan fingerprint density at radius 3 is 2.40 bits per heavy atom. The summed E-state index contributed by atoms with van der Waals surface area (Å²) in [6.45, 7) is 3.48. The fourth-order valence-electron chi connectivity index (χ4n) is 2.79. The molecule has 1 saturated heterocycles. The van der Waals surface area contributed by atoms with Crippen molar-refractivity contribution in [2.45, 2.75) is 20.0 Å². The fourth-order valence-corrected chi connectivity index (χ4v) is 2.79. The molecule has 0 saturated carbocycles. The summed E-state index contributed by atoms with van der Waals surface area (Å²) in [6, 6.07) is 6.14. The normalized spacial score (nSPS) is 16.3. The molecular weight excluding hydrogens is 335 g/mol. The minimum absolute atomic E-state index is 0.0919. The number of carbonyl (C=O) groups excluding carboxylic acids is 2. The van der Waals surface area contributed by atoms with Crippen molar-refractivity contribution in [2.24, 2.45) is 0 Å². The van der Waals surface area contributed by atoms with Crippen molar-refractivity contribution in [2.75, 3.05) is 0 Å². The molecule has 0 atom stereocenters. The monoisotopic (exact) mass is 349 g/mol. The average molecular weight is 349 g/mol. The molecule has 1 aliphatic rings. The van der Waals surface area contributed by atoms with Crippen LogP contribution in [0.2, 0.25) is 0 Å². The molecule has 3 amide bonds. The summed E-state index contributed by atoms with van der Waals surface area (Å²) >= 11 is 0. The lowest BCUT2D eigenvalue weighted by Gasteiger charge is -2.13. The van der Waals surface area contributed by atoms with Gasteiger partial charge in [0.1, 0.15) is 5.70 Å². The van der Waals surface area contributed by atoms with Gasteiger partial charge < -0.3 is 9.88 Å². The Morgan fingerprint density at radius 1 is 1.08 bits per heavy atom. The molecule has 0 unspecified atom stereocenters. The minimum Gasteiger partial charge on any atom is -0.318 e. The summed E-state index contributed by atoms with van der Waals surface area (Å²) in [5, 5.41) is 4.48. The van der Waals surface area contributed by atoms with Gasteiger partial charge in [-0.2, -0.15) is 13.2 Å². The molecule has 0 radical (unpaired) electrons. The summed E-state index contributed by atoms with van der Waals surface area (Å²) < 4.78 is 40.5. The van der Waals surface area contributed by atoms with Crippen molar-refractivity contribution in [1.29, 1.82) is 0 Å². The van der Waals surface area contributed by atoms with Gasteiger partial charge in [-0.1, -0.05) is 6.07 Å². The molecule has 2 N–H and O–H groups in total. The molecule has 2 heterocycles. The zero-order chi connectivity index (χ0) is 18.4. The van der Waals surface area contributed by atoms with Gasteiger partial charge in [0.05, 0.1) is 5.56 Å².